The zero-order chi connectivity index (χ0) is 22.6. The molecule has 0 saturated heterocycles. The van der Waals surface area contributed by atoms with Crippen LogP contribution in [0.3, 0.4) is 0 Å². The minimum absolute atomic E-state index is 0.545. The van der Waals surface area contributed by atoms with Gasteiger partial charge in [0.15, 0.2) is 0 Å². The Bertz CT molecular complexity index is 1050. The molecule has 4 rings (SSSR count). The van der Waals surface area contributed by atoms with Crippen molar-refractivity contribution in [3.05, 3.63) is 132 Å². The number of benzene rings is 4. The molecule has 0 bridgehead atoms. The van der Waals surface area contributed by atoms with Crippen molar-refractivity contribution in [1.29, 1.82) is 0 Å². The number of rotatable bonds is 10. The molecule has 0 fully saturated rings. The van der Waals surface area contributed by atoms with Crippen molar-refractivity contribution in [1.82, 2.24) is 0 Å². The van der Waals surface area contributed by atoms with Gasteiger partial charge in [0.1, 0.15) is 24.7 Å². The van der Waals surface area contributed by atoms with Crippen molar-refractivity contribution in [3.63, 3.8) is 0 Å². The lowest BCUT2D eigenvalue weighted by Crippen LogP contribution is -1.93. The van der Waals surface area contributed by atoms with E-state index in [0.717, 1.165) is 11.5 Å². The predicted octanol–water partition coefficient (Wildman–Crippen LogP) is 8.02. The summed E-state index contributed by atoms with van der Waals surface area (Å²) < 4.78 is 11.6. The average molecular weight is 451 g/mol. The molecule has 164 valence electrons. The summed E-state index contributed by atoms with van der Waals surface area (Å²) in [6.45, 7) is 1.09. The molecule has 0 amide bonds. The van der Waals surface area contributed by atoms with E-state index in [9.17, 15) is 0 Å². The molecule has 0 aromatic heterocycles. The second kappa shape index (κ2) is 12.4. The Morgan fingerprint density at radius 1 is 0.485 bits per heavy atom. The van der Waals surface area contributed by atoms with Crippen molar-refractivity contribution < 1.29 is 9.47 Å². The summed E-state index contributed by atoms with van der Waals surface area (Å²) >= 11 is 1.72. The molecule has 0 radical (unpaired) electrons. The highest BCUT2D eigenvalue weighted by Crippen LogP contribution is 2.30. The third-order valence-electron chi connectivity index (χ3n) is 4.80. The third kappa shape index (κ3) is 7.74. The molecule has 0 saturated carbocycles. The average Bonchev–Trinajstić information content (AvgIpc) is 2.88. The van der Waals surface area contributed by atoms with Crippen LogP contribution in [-0.4, -0.2) is 13.2 Å². The third-order valence-corrected chi connectivity index (χ3v) is 5.81. The SMILES string of the molecule is C(=C\c1ccccc1)/COc1ccc(Sc2ccc(OC/C=C/c3ccccc3)cc2)cc1. The molecular formula is C30H26O2S. The van der Waals surface area contributed by atoms with Crippen LogP contribution < -0.4 is 9.47 Å². The van der Waals surface area contributed by atoms with Gasteiger partial charge in [-0.1, -0.05) is 84.6 Å². The maximum atomic E-state index is 5.81. The second-order valence-electron chi connectivity index (χ2n) is 7.29. The van der Waals surface area contributed by atoms with E-state index in [2.05, 4.69) is 60.7 Å². The first-order valence-corrected chi connectivity index (χ1v) is 11.7. The van der Waals surface area contributed by atoms with Crippen molar-refractivity contribution in [2.24, 2.45) is 0 Å². The van der Waals surface area contributed by atoms with Gasteiger partial charge in [-0.3, -0.25) is 0 Å². The Kier molecular flexibility index (Phi) is 8.44. The molecule has 2 nitrogen and oxygen atoms in total. The highest BCUT2D eigenvalue weighted by atomic mass is 32.2. The Balaban J connectivity index is 1.21. The standard InChI is InChI=1S/C30H26O2S/c1-3-9-25(10-4-1)13-7-23-31-27-15-19-29(20-16-27)33-30-21-17-28(18-22-30)32-24-8-14-26-11-5-2-6-12-26/h1-22H,23-24H2/b13-7+,14-8+. The minimum Gasteiger partial charge on any atom is -0.490 e. The number of ether oxygens (including phenoxy) is 2. The van der Waals surface area contributed by atoms with Crippen molar-refractivity contribution in [3.8, 4) is 11.5 Å². The van der Waals surface area contributed by atoms with Gasteiger partial charge in [-0.05, 0) is 71.8 Å². The first kappa shape index (κ1) is 22.5. The highest BCUT2D eigenvalue weighted by molar-refractivity contribution is 7.99. The summed E-state index contributed by atoms with van der Waals surface area (Å²) in [5, 5.41) is 0. The fourth-order valence-electron chi connectivity index (χ4n) is 3.13. The van der Waals surface area contributed by atoms with Gasteiger partial charge >= 0.3 is 0 Å². The van der Waals surface area contributed by atoms with Gasteiger partial charge in [-0.15, -0.1) is 0 Å². The van der Waals surface area contributed by atoms with E-state index in [-0.39, 0.29) is 0 Å². The molecule has 0 aliphatic carbocycles. The fourth-order valence-corrected chi connectivity index (χ4v) is 3.95. The van der Waals surface area contributed by atoms with Crippen LogP contribution in [0.2, 0.25) is 0 Å². The zero-order valence-electron chi connectivity index (χ0n) is 18.3. The van der Waals surface area contributed by atoms with Crippen LogP contribution in [0.5, 0.6) is 11.5 Å². The van der Waals surface area contributed by atoms with Crippen molar-refractivity contribution >= 4 is 23.9 Å². The quantitative estimate of drug-likeness (QED) is 0.244. The van der Waals surface area contributed by atoms with Gasteiger partial charge < -0.3 is 9.47 Å². The molecule has 4 aromatic carbocycles. The molecular weight excluding hydrogens is 424 g/mol. The lowest BCUT2D eigenvalue weighted by Gasteiger charge is -2.07. The summed E-state index contributed by atoms with van der Waals surface area (Å²) in [5.74, 6) is 1.73. The van der Waals surface area contributed by atoms with Gasteiger partial charge in [0.25, 0.3) is 0 Å². The number of hydrogen-bond acceptors (Lipinski definition) is 3. The zero-order valence-corrected chi connectivity index (χ0v) is 19.2. The molecule has 0 aliphatic rings. The van der Waals surface area contributed by atoms with Crippen LogP contribution >= 0.6 is 11.8 Å². The normalized spacial score (nSPS) is 11.2. The molecule has 0 unspecified atom stereocenters. The van der Waals surface area contributed by atoms with Gasteiger partial charge in [-0.25, -0.2) is 0 Å². The maximum Gasteiger partial charge on any atom is 0.119 e. The van der Waals surface area contributed by atoms with E-state index in [0.29, 0.717) is 13.2 Å². The number of hydrogen-bond donors (Lipinski definition) is 0. The van der Waals surface area contributed by atoms with E-state index < -0.39 is 0 Å². The molecule has 0 heterocycles. The molecule has 33 heavy (non-hydrogen) atoms. The first-order valence-electron chi connectivity index (χ1n) is 10.9. The van der Waals surface area contributed by atoms with E-state index >= 15 is 0 Å². The molecule has 0 spiro atoms. The molecule has 3 heteroatoms. The monoisotopic (exact) mass is 450 g/mol. The summed E-state index contributed by atoms with van der Waals surface area (Å²) in [6.07, 6.45) is 8.19. The van der Waals surface area contributed by atoms with Gasteiger partial charge in [-0.2, -0.15) is 0 Å². The molecule has 4 aromatic rings. The predicted molar refractivity (Wildman–Crippen MR) is 139 cm³/mol. The fraction of sp³-hybridized carbons (Fsp3) is 0.0667. The molecule has 0 aliphatic heterocycles. The van der Waals surface area contributed by atoms with Crippen LogP contribution in [0.1, 0.15) is 11.1 Å². The topological polar surface area (TPSA) is 18.5 Å². The Hall–Kier alpha value is -3.69. The summed E-state index contributed by atoms with van der Waals surface area (Å²) in [4.78, 5) is 2.34. The smallest absolute Gasteiger partial charge is 0.119 e. The Morgan fingerprint density at radius 2 is 0.879 bits per heavy atom. The van der Waals surface area contributed by atoms with Crippen LogP contribution in [0.15, 0.2) is 131 Å². The van der Waals surface area contributed by atoms with Gasteiger partial charge in [0, 0.05) is 9.79 Å². The Morgan fingerprint density at radius 3 is 1.27 bits per heavy atom. The maximum absolute atomic E-state index is 5.81. The summed E-state index contributed by atoms with van der Waals surface area (Å²) in [6, 6.07) is 36.8. The minimum atomic E-state index is 0.545. The van der Waals surface area contributed by atoms with E-state index in [1.165, 1.54) is 20.9 Å². The van der Waals surface area contributed by atoms with Crippen LogP contribution in [0, 0.1) is 0 Å². The summed E-state index contributed by atoms with van der Waals surface area (Å²) in [7, 11) is 0. The largest absolute Gasteiger partial charge is 0.490 e. The van der Waals surface area contributed by atoms with Gasteiger partial charge in [0.05, 0.1) is 0 Å². The summed E-state index contributed by atoms with van der Waals surface area (Å²) in [5.41, 5.74) is 2.35. The van der Waals surface area contributed by atoms with Crippen molar-refractivity contribution in [2.45, 2.75) is 9.79 Å². The van der Waals surface area contributed by atoms with Gasteiger partial charge in [0.2, 0.25) is 0 Å². The lowest BCUT2D eigenvalue weighted by atomic mass is 10.2. The van der Waals surface area contributed by atoms with E-state index in [4.69, 9.17) is 9.47 Å². The van der Waals surface area contributed by atoms with Crippen LogP contribution in [0.25, 0.3) is 12.2 Å². The van der Waals surface area contributed by atoms with Crippen LogP contribution in [0.4, 0.5) is 0 Å². The highest BCUT2D eigenvalue weighted by Gasteiger charge is 2.00. The first-order chi connectivity index (χ1) is 16.3. The lowest BCUT2D eigenvalue weighted by molar-refractivity contribution is 0.363. The second-order valence-corrected chi connectivity index (χ2v) is 8.44. The van der Waals surface area contributed by atoms with Crippen LogP contribution in [-0.2, 0) is 0 Å². The van der Waals surface area contributed by atoms with Crippen molar-refractivity contribution in [2.75, 3.05) is 13.2 Å². The molecule has 0 atom stereocenters. The molecule has 0 N–H and O–H groups in total. The van der Waals surface area contributed by atoms with E-state index in [1.807, 2.05) is 72.8 Å². The van der Waals surface area contributed by atoms with E-state index in [1.54, 1.807) is 11.8 Å². The Labute approximate surface area is 200 Å².